The minimum absolute atomic E-state index is 0.499. The van der Waals surface area contributed by atoms with Crippen molar-refractivity contribution in [1.29, 1.82) is 0 Å². The number of rotatable bonds is 2. The van der Waals surface area contributed by atoms with Crippen LogP contribution in [0.25, 0.3) is 0 Å². The molecule has 0 saturated heterocycles. The Bertz CT molecular complexity index is 459. The van der Waals surface area contributed by atoms with Gasteiger partial charge in [-0.1, -0.05) is 48.5 Å². The molecule has 1 aliphatic carbocycles. The lowest BCUT2D eigenvalue weighted by Gasteiger charge is -2.34. The summed E-state index contributed by atoms with van der Waals surface area (Å²) in [4.78, 5) is 4.04. The Balaban J connectivity index is 0.000000277. The van der Waals surface area contributed by atoms with Gasteiger partial charge in [-0.05, 0) is 61.7 Å². The topological polar surface area (TPSA) is 26.0 Å². The number of hydrogen-bond acceptors (Lipinski definition) is 2. The van der Waals surface area contributed by atoms with Crippen LogP contribution in [0.1, 0.15) is 78.7 Å². The average molecular weight is 322 g/mol. The van der Waals surface area contributed by atoms with Gasteiger partial charge in [0, 0.05) is 6.92 Å². The molecular weight excluding hydrogens is 282 g/mol. The highest BCUT2D eigenvalue weighted by Crippen LogP contribution is 2.50. The van der Waals surface area contributed by atoms with E-state index in [2.05, 4.69) is 53.5 Å². The number of hydrogen-bond donors (Lipinski definition) is 0. The Labute approximate surface area is 144 Å². The predicted octanol–water partition coefficient (Wildman–Crippen LogP) is 6.59. The van der Waals surface area contributed by atoms with Crippen molar-refractivity contribution in [3.05, 3.63) is 17.3 Å². The van der Waals surface area contributed by atoms with E-state index in [9.17, 15) is 0 Å². The van der Waals surface area contributed by atoms with Crippen molar-refractivity contribution in [3.8, 4) is 0 Å². The second kappa shape index (κ2) is 7.85. The highest BCUT2D eigenvalue weighted by Gasteiger charge is 2.42. The van der Waals surface area contributed by atoms with Gasteiger partial charge >= 0.3 is 0 Å². The van der Waals surface area contributed by atoms with Crippen LogP contribution < -0.4 is 0 Å². The first-order chi connectivity index (χ1) is 10.4. The first-order valence-electron chi connectivity index (χ1n) is 9.34. The van der Waals surface area contributed by atoms with Crippen molar-refractivity contribution in [2.75, 3.05) is 0 Å². The molecule has 2 rings (SSSR count). The van der Waals surface area contributed by atoms with E-state index in [4.69, 9.17) is 4.42 Å². The van der Waals surface area contributed by atoms with Crippen molar-refractivity contribution >= 4 is 0 Å². The number of aryl methyl sites for hydroxylation is 3. The zero-order valence-electron chi connectivity index (χ0n) is 17.2. The summed E-state index contributed by atoms with van der Waals surface area (Å²) in [6, 6.07) is 0. The van der Waals surface area contributed by atoms with Crippen LogP contribution in [0.5, 0.6) is 0 Å². The summed E-state index contributed by atoms with van der Waals surface area (Å²) in [7, 11) is 0. The molecule has 0 spiro atoms. The molecule has 3 atom stereocenters. The maximum absolute atomic E-state index is 5.10. The predicted molar refractivity (Wildman–Crippen MR) is 99.5 cm³/mol. The summed E-state index contributed by atoms with van der Waals surface area (Å²) in [5.41, 5.74) is 1.49. The molecule has 0 N–H and O–H groups in total. The largest absolute Gasteiger partial charge is 0.446 e. The van der Waals surface area contributed by atoms with E-state index >= 15 is 0 Å². The first kappa shape index (κ1) is 20.3. The Morgan fingerprint density at radius 1 is 0.957 bits per heavy atom. The summed E-state index contributed by atoms with van der Waals surface area (Å²) in [5.74, 6) is 6.27. The minimum atomic E-state index is 0.499. The van der Waals surface area contributed by atoms with Gasteiger partial charge in [0.25, 0.3) is 0 Å². The van der Waals surface area contributed by atoms with E-state index in [1.165, 1.54) is 12.8 Å². The molecule has 0 radical (unpaired) electrons. The van der Waals surface area contributed by atoms with E-state index in [-0.39, 0.29) is 0 Å². The summed E-state index contributed by atoms with van der Waals surface area (Å²) in [6.45, 7) is 22.6. The average Bonchev–Trinajstić information content (AvgIpc) is 2.94. The smallest absolute Gasteiger partial charge is 0.191 e. The van der Waals surface area contributed by atoms with Crippen LogP contribution in [0.2, 0.25) is 0 Å². The molecule has 134 valence electrons. The van der Waals surface area contributed by atoms with Crippen molar-refractivity contribution in [2.45, 2.75) is 82.1 Å². The number of nitrogens with zero attached hydrogens (tertiary/aromatic N) is 1. The highest BCUT2D eigenvalue weighted by molar-refractivity contribution is 5.03. The third-order valence-electron chi connectivity index (χ3n) is 5.70. The van der Waals surface area contributed by atoms with E-state index in [1.807, 2.05) is 20.8 Å². The van der Waals surface area contributed by atoms with Gasteiger partial charge in [0.05, 0.1) is 5.69 Å². The van der Waals surface area contributed by atoms with Crippen LogP contribution in [-0.4, -0.2) is 4.98 Å². The molecule has 0 bridgehead atoms. The maximum atomic E-state index is 5.10. The molecule has 1 saturated carbocycles. The van der Waals surface area contributed by atoms with Gasteiger partial charge in [-0.25, -0.2) is 4.98 Å². The van der Waals surface area contributed by atoms with Crippen molar-refractivity contribution in [3.63, 3.8) is 0 Å². The van der Waals surface area contributed by atoms with Gasteiger partial charge in [-0.15, -0.1) is 0 Å². The lowest BCUT2D eigenvalue weighted by molar-refractivity contribution is 0.151. The normalized spacial score (nSPS) is 25.0. The molecule has 1 aliphatic rings. The van der Waals surface area contributed by atoms with Gasteiger partial charge in [-0.2, -0.15) is 0 Å². The third-order valence-corrected chi connectivity index (χ3v) is 5.70. The van der Waals surface area contributed by atoms with Gasteiger partial charge in [0.1, 0.15) is 5.76 Å². The third kappa shape index (κ3) is 5.65. The van der Waals surface area contributed by atoms with Crippen molar-refractivity contribution < 1.29 is 4.42 Å². The van der Waals surface area contributed by atoms with Crippen LogP contribution in [0, 0.1) is 55.8 Å². The second-order valence-corrected chi connectivity index (χ2v) is 9.23. The Morgan fingerprint density at radius 2 is 1.52 bits per heavy atom. The zero-order valence-corrected chi connectivity index (χ0v) is 17.2. The summed E-state index contributed by atoms with van der Waals surface area (Å²) in [5, 5.41) is 0. The van der Waals surface area contributed by atoms with E-state index in [0.29, 0.717) is 5.41 Å². The Morgan fingerprint density at radius 3 is 1.74 bits per heavy atom. The van der Waals surface area contributed by atoms with Crippen LogP contribution in [-0.2, 0) is 0 Å². The fourth-order valence-corrected chi connectivity index (χ4v) is 4.02. The second-order valence-electron chi connectivity index (χ2n) is 9.23. The molecule has 1 aromatic rings. The van der Waals surface area contributed by atoms with Crippen LogP contribution >= 0.6 is 0 Å². The quantitative estimate of drug-likeness (QED) is 0.614. The lowest BCUT2D eigenvalue weighted by Crippen LogP contribution is -2.26. The minimum Gasteiger partial charge on any atom is -0.446 e. The fourth-order valence-electron chi connectivity index (χ4n) is 4.02. The van der Waals surface area contributed by atoms with Crippen molar-refractivity contribution in [2.24, 2.45) is 35.0 Å². The summed E-state index contributed by atoms with van der Waals surface area (Å²) in [6.07, 6.45) is 2.93. The van der Waals surface area contributed by atoms with Gasteiger partial charge < -0.3 is 4.42 Å². The lowest BCUT2D eigenvalue weighted by atomic mass is 9.71. The number of oxazole rings is 1. The molecule has 2 nitrogen and oxygen atoms in total. The van der Waals surface area contributed by atoms with Crippen molar-refractivity contribution in [1.82, 2.24) is 4.98 Å². The zero-order chi connectivity index (χ0) is 17.9. The molecule has 1 aromatic heterocycles. The molecule has 1 fully saturated rings. The molecule has 0 amide bonds. The van der Waals surface area contributed by atoms with E-state index in [0.717, 1.165) is 46.9 Å². The molecule has 0 aromatic carbocycles. The number of aromatic nitrogens is 1. The molecule has 1 heterocycles. The maximum Gasteiger partial charge on any atom is 0.191 e. The standard InChI is InChI=1S/C15H30.C6H9NO/c1-10(2)12-8-13(11(3)4)14(9-12)15(5,6)7;1-4-5(2)8-6(3)7-4/h10-14H,8-9H2,1-7H3;1-3H3. The molecule has 0 aliphatic heterocycles. The van der Waals surface area contributed by atoms with Gasteiger partial charge in [0.15, 0.2) is 5.89 Å². The molecule has 3 unspecified atom stereocenters. The molecule has 2 heteroatoms. The Hall–Kier alpha value is -0.790. The summed E-state index contributed by atoms with van der Waals surface area (Å²) >= 11 is 0. The van der Waals surface area contributed by atoms with E-state index in [1.54, 1.807) is 0 Å². The first-order valence-corrected chi connectivity index (χ1v) is 9.34. The monoisotopic (exact) mass is 321 g/mol. The van der Waals surface area contributed by atoms with Crippen LogP contribution in [0.4, 0.5) is 0 Å². The molecule has 23 heavy (non-hydrogen) atoms. The molecular formula is C21H39NO. The van der Waals surface area contributed by atoms with Crippen LogP contribution in [0.3, 0.4) is 0 Å². The van der Waals surface area contributed by atoms with Gasteiger partial charge in [-0.3, -0.25) is 0 Å². The summed E-state index contributed by atoms with van der Waals surface area (Å²) < 4.78 is 5.10. The highest BCUT2D eigenvalue weighted by atomic mass is 16.4. The van der Waals surface area contributed by atoms with Gasteiger partial charge in [0.2, 0.25) is 0 Å². The Kier molecular flexibility index (Phi) is 6.92. The fraction of sp³-hybridized carbons (Fsp3) is 0.857. The van der Waals surface area contributed by atoms with E-state index < -0.39 is 0 Å². The SMILES string of the molecule is CC(C)C1CC(C(C)C)C(C(C)(C)C)C1.Cc1nc(C)c(C)o1. The van der Waals surface area contributed by atoms with Crippen LogP contribution in [0.15, 0.2) is 4.42 Å².